The molecule has 1 aromatic rings. The molecule has 1 aromatic heterocycles. The number of carboxylic acid groups (broad SMARTS) is 1. The number of rotatable bonds is 3. The van der Waals surface area contributed by atoms with E-state index in [0.717, 1.165) is 11.0 Å². The third-order valence-corrected chi connectivity index (χ3v) is 3.25. The molecule has 1 N–H and O–H groups in total. The number of nitrogens with zero attached hydrogens (tertiary/aromatic N) is 2. The highest BCUT2D eigenvalue weighted by atomic mass is 16.4. The highest BCUT2D eigenvalue weighted by Gasteiger charge is 2.59. The minimum Gasteiger partial charge on any atom is -0.478 e. The van der Waals surface area contributed by atoms with Crippen LogP contribution in [0.3, 0.4) is 0 Å². The molecule has 2 atom stereocenters. The first-order valence-corrected chi connectivity index (χ1v) is 5.84. The number of aliphatic carboxylic acids is 1. The number of amides is 2. The first-order valence-electron chi connectivity index (χ1n) is 5.84. The monoisotopic (exact) mass is 258 g/mol. The summed E-state index contributed by atoms with van der Waals surface area (Å²) in [5.74, 6) is -1.58. The van der Waals surface area contributed by atoms with Gasteiger partial charge in [-0.1, -0.05) is 6.07 Å². The topological polar surface area (TPSA) is 87.6 Å². The van der Waals surface area contributed by atoms with E-state index in [1.54, 1.807) is 18.2 Å². The van der Waals surface area contributed by atoms with E-state index in [4.69, 9.17) is 5.11 Å². The Kier molecular flexibility index (Phi) is 2.45. The molecule has 96 valence electrons. The van der Waals surface area contributed by atoms with Gasteiger partial charge in [-0.3, -0.25) is 9.59 Å². The second kappa shape index (κ2) is 4.01. The number of carbonyl (C=O) groups is 3. The molecule has 2 aliphatic rings. The fourth-order valence-corrected chi connectivity index (χ4v) is 2.22. The molecule has 2 heterocycles. The van der Waals surface area contributed by atoms with Crippen molar-refractivity contribution in [2.75, 3.05) is 4.90 Å². The highest BCUT2D eigenvalue weighted by Crippen LogP contribution is 2.47. The van der Waals surface area contributed by atoms with E-state index in [-0.39, 0.29) is 29.5 Å². The van der Waals surface area contributed by atoms with E-state index < -0.39 is 5.97 Å². The molecule has 1 aliphatic heterocycles. The zero-order valence-electron chi connectivity index (χ0n) is 9.81. The molecule has 0 bridgehead atoms. The van der Waals surface area contributed by atoms with Gasteiger partial charge in [0.25, 0.3) is 0 Å². The van der Waals surface area contributed by atoms with Crippen LogP contribution in [0, 0.1) is 11.8 Å². The van der Waals surface area contributed by atoms with Crippen LogP contribution < -0.4 is 4.90 Å². The van der Waals surface area contributed by atoms with Crippen molar-refractivity contribution >= 4 is 29.7 Å². The molecule has 2 unspecified atom stereocenters. The molecular formula is C13H10N2O4. The summed E-state index contributed by atoms with van der Waals surface area (Å²) in [6.07, 6.45) is 2.92. The summed E-state index contributed by atoms with van der Waals surface area (Å²) in [5.41, 5.74) is 0.390. The van der Waals surface area contributed by atoms with Crippen LogP contribution in [0.5, 0.6) is 0 Å². The van der Waals surface area contributed by atoms with Crippen molar-refractivity contribution in [2.24, 2.45) is 11.8 Å². The lowest BCUT2D eigenvalue weighted by Gasteiger charge is -2.15. The van der Waals surface area contributed by atoms with Crippen LogP contribution >= 0.6 is 0 Å². The summed E-state index contributed by atoms with van der Waals surface area (Å²) in [5, 5.41) is 8.55. The van der Waals surface area contributed by atoms with Crippen molar-refractivity contribution in [1.82, 2.24) is 4.98 Å². The van der Waals surface area contributed by atoms with E-state index in [0.29, 0.717) is 12.1 Å². The summed E-state index contributed by atoms with van der Waals surface area (Å²) in [6, 6.07) is 4.81. The quantitative estimate of drug-likeness (QED) is 0.636. The average molecular weight is 258 g/mol. The number of carbonyl (C=O) groups excluding carboxylic acids is 2. The van der Waals surface area contributed by atoms with Crippen molar-refractivity contribution in [2.45, 2.75) is 6.42 Å². The SMILES string of the molecule is O=C(O)/C=C/c1cccc(N2C(=O)C3CC3C2=O)n1. The Labute approximate surface area is 108 Å². The van der Waals surface area contributed by atoms with Crippen LogP contribution in [0.1, 0.15) is 12.1 Å². The van der Waals surface area contributed by atoms with E-state index in [1.807, 2.05) is 0 Å². The molecule has 0 spiro atoms. The molecule has 1 saturated heterocycles. The van der Waals surface area contributed by atoms with Gasteiger partial charge >= 0.3 is 5.97 Å². The van der Waals surface area contributed by atoms with Gasteiger partial charge in [-0.15, -0.1) is 0 Å². The molecule has 3 rings (SSSR count). The van der Waals surface area contributed by atoms with Gasteiger partial charge in [-0.2, -0.15) is 0 Å². The Morgan fingerprint density at radius 3 is 2.63 bits per heavy atom. The van der Waals surface area contributed by atoms with Gasteiger partial charge in [0.2, 0.25) is 11.8 Å². The second-order valence-corrected chi connectivity index (χ2v) is 4.55. The van der Waals surface area contributed by atoms with Crippen molar-refractivity contribution in [1.29, 1.82) is 0 Å². The Balaban J connectivity index is 1.89. The minimum atomic E-state index is -1.08. The Morgan fingerprint density at radius 2 is 2.00 bits per heavy atom. The first kappa shape index (κ1) is 11.6. The lowest BCUT2D eigenvalue weighted by molar-refractivity contribution is -0.131. The minimum absolute atomic E-state index is 0.174. The number of imide groups is 1. The third-order valence-electron chi connectivity index (χ3n) is 3.25. The largest absolute Gasteiger partial charge is 0.478 e. The second-order valence-electron chi connectivity index (χ2n) is 4.55. The van der Waals surface area contributed by atoms with Crippen LogP contribution in [0.4, 0.5) is 5.82 Å². The number of anilines is 1. The van der Waals surface area contributed by atoms with E-state index >= 15 is 0 Å². The Morgan fingerprint density at radius 1 is 1.32 bits per heavy atom. The molecular weight excluding hydrogens is 248 g/mol. The number of piperidine rings is 1. The van der Waals surface area contributed by atoms with Gasteiger partial charge in [0.1, 0.15) is 5.82 Å². The summed E-state index contributed by atoms with van der Waals surface area (Å²) in [6.45, 7) is 0. The average Bonchev–Trinajstić information content (AvgIpc) is 3.12. The summed E-state index contributed by atoms with van der Waals surface area (Å²) in [7, 11) is 0. The third kappa shape index (κ3) is 1.91. The summed E-state index contributed by atoms with van der Waals surface area (Å²) >= 11 is 0. The number of hydrogen-bond donors (Lipinski definition) is 1. The van der Waals surface area contributed by atoms with Gasteiger partial charge in [-0.25, -0.2) is 14.7 Å². The molecule has 0 radical (unpaired) electrons. The zero-order valence-corrected chi connectivity index (χ0v) is 9.81. The molecule has 2 amide bonds. The van der Waals surface area contributed by atoms with E-state index in [9.17, 15) is 14.4 Å². The fraction of sp³-hybridized carbons (Fsp3) is 0.231. The smallest absolute Gasteiger partial charge is 0.328 e. The number of fused-ring (bicyclic) bond motifs is 1. The number of aromatic nitrogens is 1. The van der Waals surface area contributed by atoms with E-state index in [1.165, 1.54) is 6.08 Å². The van der Waals surface area contributed by atoms with Gasteiger partial charge < -0.3 is 5.11 Å². The Bertz CT molecular complexity index is 603. The number of carboxylic acids is 1. The van der Waals surface area contributed by atoms with Crippen molar-refractivity contribution in [3.63, 3.8) is 0 Å². The summed E-state index contributed by atoms with van der Waals surface area (Å²) in [4.78, 5) is 39.4. The van der Waals surface area contributed by atoms with Gasteiger partial charge in [0.15, 0.2) is 0 Å². The Hall–Kier alpha value is -2.50. The fourth-order valence-electron chi connectivity index (χ4n) is 2.22. The predicted octanol–water partition coefficient (Wildman–Crippen LogP) is 0.689. The molecule has 2 fully saturated rings. The molecule has 6 heteroatoms. The van der Waals surface area contributed by atoms with Crippen molar-refractivity contribution in [3.05, 3.63) is 30.0 Å². The van der Waals surface area contributed by atoms with Gasteiger partial charge in [0.05, 0.1) is 17.5 Å². The molecule has 0 aromatic carbocycles. The standard InChI is InChI=1S/C13H10N2O4/c16-11(17)5-4-7-2-1-3-10(14-7)15-12(18)8-6-9(8)13(15)19/h1-5,8-9H,6H2,(H,16,17)/b5-4+. The normalized spacial score (nSPS) is 24.9. The zero-order chi connectivity index (χ0) is 13.6. The predicted molar refractivity (Wildman–Crippen MR) is 65.0 cm³/mol. The maximum absolute atomic E-state index is 11.9. The molecule has 6 nitrogen and oxygen atoms in total. The lowest BCUT2D eigenvalue weighted by Crippen LogP contribution is -2.33. The van der Waals surface area contributed by atoms with E-state index in [2.05, 4.69) is 4.98 Å². The summed E-state index contributed by atoms with van der Waals surface area (Å²) < 4.78 is 0. The van der Waals surface area contributed by atoms with Crippen LogP contribution in [0.2, 0.25) is 0 Å². The number of pyridine rings is 1. The molecule has 1 aliphatic carbocycles. The molecule has 19 heavy (non-hydrogen) atoms. The maximum atomic E-state index is 11.9. The van der Waals surface area contributed by atoms with Crippen molar-refractivity contribution < 1.29 is 19.5 Å². The highest BCUT2D eigenvalue weighted by molar-refractivity contribution is 6.24. The van der Waals surface area contributed by atoms with Crippen molar-refractivity contribution in [3.8, 4) is 0 Å². The van der Waals surface area contributed by atoms with Crippen LogP contribution in [0.25, 0.3) is 6.08 Å². The van der Waals surface area contributed by atoms with Gasteiger partial charge in [0, 0.05) is 6.08 Å². The first-order chi connectivity index (χ1) is 9.08. The number of hydrogen-bond acceptors (Lipinski definition) is 4. The molecule has 1 saturated carbocycles. The lowest BCUT2D eigenvalue weighted by atomic mass is 10.3. The van der Waals surface area contributed by atoms with Crippen LogP contribution in [-0.2, 0) is 14.4 Å². The van der Waals surface area contributed by atoms with Crippen LogP contribution in [-0.4, -0.2) is 27.9 Å². The van der Waals surface area contributed by atoms with Crippen LogP contribution in [0.15, 0.2) is 24.3 Å². The maximum Gasteiger partial charge on any atom is 0.328 e. The van der Waals surface area contributed by atoms with Gasteiger partial charge in [-0.05, 0) is 24.6 Å².